The molecule has 0 aliphatic heterocycles. The van der Waals surface area contributed by atoms with Crippen molar-refractivity contribution in [1.29, 1.82) is 0 Å². The molecule has 0 atom stereocenters. The van der Waals surface area contributed by atoms with E-state index in [9.17, 15) is 8.42 Å². The van der Waals surface area contributed by atoms with E-state index in [1.165, 1.54) is 0 Å². The van der Waals surface area contributed by atoms with Crippen molar-refractivity contribution in [3.8, 4) is 11.3 Å². The van der Waals surface area contributed by atoms with E-state index in [0.29, 0.717) is 21.4 Å². The molecule has 0 saturated carbocycles. The van der Waals surface area contributed by atoms with Crippen LogP contribution in [0.15, 0.2) is 88.8 Å². The maximum Gasteiger partial charge on any atom is 0.206 e. The summed E-state index contributed by atoms with van der Waals surface area (Å²) in [6, 6.07) is 21.4. The van der Waals surface area contributed by atoms with Crippen LogP contribution in [-0.2, 0) is 16.3 Å². The number of benzene rings is 2. The average Bonchev–Trinajstić information content (AvgIpc) is 3.09. The summed E-state index contributed by atoms with van der Waals surface area (Å²) >= 11 is 6.01. The van der Waals surface area contributed by atoms with E-state index in [4.69, 9.17) is 11.6 Å². The summed E-state index contributed by atoms with van der Waals surface area (Å²) in [4.78, 5) is 8.01. The van der Waals surface area contributed by atoms with Crippen LogP contribution in [0.2, 0.25) is 5.15 Å². The predicted octanol–water partition coefficient (Wildman–Crippen LogP) is 5.46. The van der Waals surface area contributed by atoms with Gasteiger partial charge in [-0.2, -0.15) is 0 Å². The Balaban J connectivity index is 1.72. The number of pyridine rings is 1. The van der Waals surface area contributed by atoms with Crippen LogP contribution in [-0.4, -0.2) is 18.4 Å². The number of hydrogen-bond acceptors (Lipinski definition) is 3. The van der Waals surface area contributed by atoms with Crippen molar-refractivity contribution in [3.05, 3.63) is 101 Å². The third kappa shape index (κ3) is 3.97. The van der Waals surface area contributed by atoms with Crippen LogP contribution in [0.3, 0.4) is 0 Å². The number of H-pyrrole nitrogens is 1. The molecule has 1 N–H and O–H groups in total. The zero-order valence-electron chi connectivity index (χ0n) is 15.8. The molecule has 0 amide bonds. The lowest BCUT2D eigenvalue weighted by Crippen LogP contribution is -2.06. The van der Waals surface area contributed by atoms with Gasteiger partial charge in [0.15, 0.2) is 0 Å². The Kier molecular flexibility index (Phi) is 5.26. The fourth-order valence-electron chi connectivity index (χ4n) is 3.35. The first-order chi connectivity index (χ1) is 13.9. The molecule has 4 aromatic rings. The summed E-state index contributed by atoms with van der Waals surface area (Å²) in [6.45, 7) is 1.98. The zero-order valence-corrected chi connectivity index (χ0v) is 17.3. The summed E-state index contributed by atoms with van der Waals surface area (Å²) < 4.78 is 26.3. The van der Waals surface area contributed by atoms with E-state index in [-0.39, 0.29) is 0 Å². The number of nitrogens with one attached hydrogen (secondary N) is 1. The molecule has 0 radical (unpaired) electrons. The molecule has 4 nitrogen and oxygen atoms in total. The normalized spacial score (nSPS) is 11.5. The Morgan fingerprint density at radius 3 is 2.41 bits per heavy atom. The van der Waals surface area contributed by atoms with Gasteiger partial charge in [0.2, 0.25) is 9.84 Å². The van der Waals surface area contributed by atoms with Crippen LogP contribution in [0, 0.1) is 6.92 Å². The largest absolute Gasteiger partial charge is 0.358 e. The number of aryl methyl sites for hydroxylation is 1. The van der Waals surface area contributed by atoms with Gasteiger partial charge in [0.25, 0.3) is 0 Å². The lowest BCUT2D eigenvalue weighted by molar-refractivity contribution is 0.595. The molecule has 2 heterocycles. The lowest BCUT2D eigenvalue weighted by atomic mass is 10.0. The Hall–Kier alpha value is -2.89. The minimum absolute atomic E-state index is 0.297. The molecule has 2 aromatic heterocycles. The van der Waals surface area contributed by atoms with Crippen LogP contribution in [0.5, 0.6) is 0 Å². The fraction of sp³-hybridized carbons (Fsp3) is 0.0870. The molecule has 0 spiro atoms. The van der Waals surface area contributed by atoms with Gasteiger partial charge in [0.05, 0.1) is 9.79 Å². The summed E-state index contributed by atoms with van der Waals surface area (Å²) in [5.74, 6) is 0. The Morgan fingerprint density at radius 2 is 1.66 bits per heavy atom. The summed E-state index contributed by atoms with van der Waals surface area (Å²) in [6.07, 6.45) is 2.17. The van der Waals surface area contributed by atoms with Crippen molar-refractivity contribution in [1.82, 2.24) is 9.97 Å². The third-order valence-electron chi connectivity index (χ3n) is 4.86. The average molecular weight is 423 g/mol. The third-order valence-corrected chi connectivity index (χ3v) is 6.93. The minimum atomic E-state index is -3.59. The van der Waals surface area contributed by atoms with E-state index in [0.717, 1.165) is 28.1 Å². The SMILES string of the molecule is Cc1[nH]c(-c2ccnc(Cl)c2)cc1Cc1ccccc1S(=O)(=O)c1ccccc1. The topological polar surface area (TPSA) is 62.8 Å². The molecule has 0 fully saturated rings. The van der Waals surface area contributed by atoms with E-state index in [1.54, 1.807) is 54.7 Å². The fourth-order valence-corrected chi connectivity index (χ4v) is 5.04. The number of hydrogen-bond donors (Lipinski definition) is 1. The molecule has 2 aromatic carbocycles. The smallest absolute Gasteiger partial charge is 0.206 e. The first-order valence-corrected chi connectivity index (χ1v) is 11.0. The van der Waals surface area contributed by atoms with Crippen LogP contribution in [0.1, 0.15) is 16.8 Å². The standard InChI is InChI=1S/C23H19ClN2O2S/c1-16-19(14-21(26-16)17-11-12-25-23(24)15-17)13-18-7-5-6-10-22(18)29(27,28)20-8-3-2-4-9-20/h2-12,14-15,26H,13H2,1H3. The molecule has 0 aliphatic carbocycles. The van der Waals surface area contributed by atoms with Crippen molar-refractivity contribution in [2.75, 3.05) is 0 Å². The molecule has 4 rings (SSSR count). The molecular formula is C23H19ClN2O2S. The predicted molar refractivity (Wildman–Crippen MR) is 115 cm³/mol. The number of nitrogens with zero attached hydrogens (tertiary/aromatic N) is 1. The van der Waals surface area contributed by atoms with Crippen LogP contribution < -0.4 is 0 Å². The van der Waals surface area contributed by atoms with Crippen molar-refractivity contribution in [2.45, 2.75) is 23.1 Å². The van der Waals surface area contributed by atoms with Crippen molar-refractivity contribution in [2.24, 2.45) is 0 Å². The van der Waals surface area contributed by atoms with E-state index < -0.39 is 9.84 Å². The number of aromatic amines is 1. The van der Waals surface area contributed by atoms with Gasteiger partial charge in [-0.1, -0.05) is 48.0 Å². The zero-order chi connectivity index (χ0) is 20.4. The molecule has 6 heteroatoms. The highest BCUT2D eigenvalue weighted by Crippen LogP contribution is 2.29. The molecule has 0 saturated heterocycles. The highest BCUT2D eigenvalue weighted by molar-refractivity contribution is 7.91. The van der Waals surface area contributed by atoms with Crippen LogP contribution in [0.4, 0.5) is 0 Å². The summed E-state index contributed by atoms with van der Waals surface area (Å²) in [5, 5.41) is 0.426. The number of aromatic nitrogens is 2. The highest BCUT2D eigenvalue weighted by atomic mass is 35.5. The van der Waals surface area contributed by atoms with Crippen molar-refractivity contribution < 1.29 is 8.42 Å². The number of halogens is 1. The molecular weight excluding hydrogens is 404 g/mol. The minimum Gasteiger partial charge on any atom is -0.358 e. The highest BCUT2D eigenvalue weighted by Gasteiger charge is 2.21. The molecule has 0 aliphatic rings. The first-order valence-electron chi connectivity index (χ1n) is 9.13. The van der Waals surface area contributed by atoms with Gasteiger partial charge in [-0.05, 0) is 54.4 Å². The van der Waals surface area contributed by atoms with Gasteiger partial charge in [-0.15, -0.1) is 0 Å². The molecule has 29 heavy (non-hydrogen) atoms. The second-order valence-corrected chi connectivity index (χ2v) is 9.11. The number of rotatable bonds is 5. The lowest BCUT2D eigenvalue weighted by Gasteiger charge is -2.10. The maximum atomic E-state index is 13.2. The van der Waals surface area contributed by atoms with Gasteiger partial charge >= 0.3 is 0 Å². The quantitative estimate of drug-likeness (QED) is 0.434. The maximum absolute atomic E-state index is 13.2. The van der Waals surface area contributed by atoms with Gasteiger partial charge in [0, 0.05) is 29.6 Å². The Morgan fingerprint density at radius 1 is 0.931 bits per heavy atom. The van der Waals surface area contributed by atoms with Crippen molar-refractivity contribution in [3.63, 3.8) is 0 Å². The monoisotopic (exact) mass is 422 g/mol. The van der Waals surface area contributed by atoms with Gasteiger partial charge in [0.1, 0.15) is 5.15 Å². The first kappa shape index (κ1) is 19.4. The van der Waals surface area contributed by atoms with Crippen molar-refractivity contribution >= 4 is 21.4 Å². The molecule has 146 valence electrons. The summed E-state index contributed by atoms with van der Waals surface area (Å²) in [7, 11) is -3.59. The Labute approximate surface area is 175 Å². The number of sulfone groups is 1. The molecule has 0 unspecified atom stereocenters. The van der Waals surface area contributed by atoms with Crippen LogP contribution in [0.25, 0.3) is 11.3 Å². The second kappa shape index (κ2) is 7.85. The van der Waals surface area contributed by atoms with E-state index >= 15 is 0 Å². The van der Waals surface area contributed by atoms with Crippen LogP contribution >= 0.6 is 11.6 Å². The Bertz CT molecular complexity index is 1270. The van der Waals surface area contributed by atoms with Gasteiger partial charge in [-0.3, -0.25) is 0 Å². The van der Waals surface area contributed by atoms with Gasteiger partial charge < -0.3 is 4.98 Å². The van der Waals surface area contributed by atoms with Gasteiger partial charge in [-0.25, -0.2) is 13.4 Å². The second-order valence-electron chi connectivity index (χ2n) is 6.80. The van der Waals surface area contributed by atoms with E-state index in [2.05, 4.69) is 9.97 Å². The summed E-state index contributed by atoms with van der Waals surface area (Å²) in [5.41, 5.74) is 4.64. The van der Waals surface area contributed by atoms with E-state index in [1.807, 2.05) is 31.2 Å². The molecule has 0 bridgehead atoms.